The number of hydrogen-bond acceptors (Lipinski definition) is 7. The van der Waals surface area contributed by atoms with E-state index in [4.69, 9.17) is 14.2 Å². The minimum Gasteiger partial charge on any atom is -0.466 e. The average Bonchev–Trinajstić information content (AvgIpc) is 3.08. The molecule has 0 atom stereocenters. The van der Waals surface area contributed by atoms with Crippen molar-refractivity contribution in [2.45, 2.75) is 219 Å². The number of unbranched alkanes of at least 4 members (excludes halogenated alkanes) is 20. The van der Waals surface area contributed by atoms with Crippen LogP contribution in [0.25, 0.3) is 0 Å². The highest BCUT2D eigenvalue weighted by Gasteiger charge is 2.31. The van der Waals surface area contributed by atoms with Crippen molar-refractivity contribution in [3.63, 3.8) is 0 Å². The predicted molar refractivity (Wildman–Crippen MR) is 212 cm³/mol. The molecule has 1 aliphatic carbocycles. The van der Waals surface area contributed by atoms with E-state index in [2.05, 4.69) is 32.8 Å². The van der Waals surface area contributed by atoms with Gasteiger partial charge in [0.05, 0.1) is 13.2 Å². The quantitative estimate of drug-likeness (QED) is 0.0359. The van der Waals surface area contributed by atoms with Crippen molar-refractivity contribution in [3.8, 4) is 0 Å². The minimum atomic E-state index is -0.0339. The van der Waals surface area contributed by atoms with Crippen LogP contribution in [0.4, 0.5) is 0 Å². The number of rotatable bonds is 37. The molecule has 1 fully saturated rings. The number of hydrogen-bond donors (Lipinski definition) is 0. The van der Waals surface area contributed by atoms with Gasteiger partial charge in [-0.3, -0.25) is 14.4 Å². The maximum Gasteiger partial charge on any atom is 0.306 e. The monoisotopic (exact) mass is 722 g/mol. The molecule has 0 aliphatic heterocycles. The summed E-state index contributed by atoms with van der Waals surface area (Å²) in [5.41, 5.74) is 0. The highest BCUT2D eigenvalue weighted by Crippen LogP contribution is 2.36. The Balaban J connectivity index is 2.18. The lowest BCUT2D eigenvalue weighted by Gasteiger charge is -2.36. The molecule has 0 spiro atoms. The van der Waals surface area contributed by atoms with E-state index < -0.39 is 0 Å². The maximum atomic E-state index is 12.9. The van der Waals surface area contributed by atoms with Crippen molar-refractivity contribution < 1.29 is 28.6 Å². The molecule has 1 rings (SSSR count). The molecule has 0 saturated heterocycles. The molecule has 300 valence electrons. The van der Waals surface area contributed by atoms with Crippen molar-refractivity contribution in [1.82, 2.24) is 4.90 Å². The summed E-state index contributed by atoms with van der Waals surface area (Å²) in [4.78, 5) is 39.0. The fraction of sp³-hybridized carbons (Fsp3) is 0.932. The lowest BCUT2D eigenvalue weighted by molar-refractivity contribution is -0.152. The Labute approximate surface area is 315 Å². The molecule has 0 bridgehead atoms. The van der Waals surface area contributed by atoms with Crippen molar-refractivity contribution in [1.29, 1.82) is 0 Å². The summed E-state index contributed by atoms with van der Waals surface area (Å²) in [6.07, 6.45) is 33.5. The van der Waals surface area contributed by atoms with Gasteiger partial charge in [-0.2, -0.15) is 0 Å². The van der Waals surface area contributed by atoms with Gasteiger partial charge in [0, 0.05) is 25.8 Å². The van der Waals surface area contributed by atoms with Gasteiger partial charge < -0.3 is 19.1 Å². The van der Waals surface area contributed by atoms with Crippen molar-refractivity contribution in [2.75, 3.05) is 33.9 Å². The molecule has 0 N–H and O–H groups in total. The first-order valence-corrected chi connectivity index (χ1v) is 22.0. The Morgan fingerprint density at radius 2 is 0.902 bits per heavy atom. The van der Waals surface area contributed by atoms with Gasteiger partial charge in [-0.1, -0.05) is 129 Å². The van der Waals surface area contributed by atoms with Crippen LogP contribution in [-0.2, 0) is 28.6 Å². The third-order valence-electron chi connectivity index (χ3n) is 10.5. The summed E-state index contributed by atoms with van der Waals surface area (Å²) in [5, 5.41) is 0. The second-order valence-corrected chi connectivity index (χ2v) is 16.1. The van der Waals surface area contributed by atoms with Crippen LogP contribution >= 0.6 is 0 Å². The average molecular weight is 722 g/mol. The van der Waals surface area contributed by atoms with Crippen molar-refractivity contribution >= 4 is 17.9 Å². The van der Waals surface area contributed by atoms with Gasteiger partial charge in [-0.15, -0.1) is 0 Å². The van der Waals surface area contributed by atoms with E-state index in [1.54, 1.807) is 0 Å². The standard InChI is InChI=1S/C44H83NO6/c1-5-7-9-11-19-25-31-42(46)49-33-27-21-15-13-17-23-29-41(51-44(48)37-39-35-40(36-39)38-45(3)4)30-24-18-14-16-22-28-34-50-43(47)32-26-20-12-10-8-6-2/h39-41H,5-38H2,1-4H3. The van der Waals surface area contributed by atoms with E-state index in [-0.39, 0.29) is 24.0 Å². The number of esters is 3. The van der Waals surface area contributed by atoms with Crippen LogP contribution in [0.15, 0.2) is 0 Å². The van der Waals surface area contributed by atoms with Crippen LogP contribution in [0.5, 0.6) is 0 Å². The van der Waals surface area contributed by atoms with E-state index in [0.29, 0.717) is 38.4 Å². The number of carbonyl (C=O) groups is 3. The summed E-state index contributed by atoms with van der Waals surface area (Å²) >= 11 is 0. The molecule has 7 nitrogen and oxygen atoms in total. The molecule has 0 unspecified atom stereocenters. The van der Waals surface area contributed by atoms with Crippen LogP contribution in [0, 0.1) is 11.8 Å². The van der Waals surface area contributed by atoms with Crippen molar-refractivity contribution in [2.24, 2.45) is 11.8 Å². The summed E-state index contributed by atoms with van der Waals surface area (Å²) in [6.45, 7) is 6.66. The molecular formula is C44H83NO6. The van der Waals surface area contributed by atoms with Gasteiger partial charge in [0.2, 0.25) is 0 Å². The molecule has 51 heavy (non-hydrogen) atoms. The first-order chi connectivity index (χ1) is 24.8. The number of carbonyl (C=O) groups excluding carboxylic acids is 3. The Morgan fingerprint density at radius 3 is 1.33 bits per heavy atom. The van der Waals surface area contributed by atoms with Crippen molar-refractivity contribution in [3.05, 3.63) is 0 Å². The maximum absolute atomic E-state index is 12.9. The Hall–Kier alpha value is -1.63. The number of nitrogens with zero attached hydrogens (tertiary/aromatic N) is 1. The van der Waals surface area contributed by atoms with Crippen LogP contribution in [-0.4, -0.2) is 62.8 Å². The van der Waals surface area contributed by atoms with Gasteiger partial charge >= 0.3 is 17.9 Å². The van der Waals surface area contributed by atoms with Gasteiger partial charge in [0.15, 0.2) is 0 Å². The third kappa shape index (κ3) is 30.5. The molecule has 0 heterocycles. The van der Waals surface area contributed by atoms with Crippen LogP contribution in [0.3, 0.4) is 0 Å². The summed E-state index contributed by atoms with van der Waals surface area (Å²) in [5.74, 6) is 1.16. The molecule has 0 radical (unpaired) electrons. The first kappa shape index (κ1) is 47.4. The van der Waals surface area contributed by atoms with Crippen LogP contribution in [0.2, 0.25) is 0 Å². The van der Waals surface area contributed by atoms with E-state index in [0.717, 1.165) is 128 Å². The van der Waals surface area contributed by atoms with Gasteiger partial charge in [-0.25, -0.2) is 0 Å². The molecule has 0 aromatic rings. The fourth-order valence-corrected chi connectivity index (χ4v) is 7.42. The highest BCUT2D eigenvalue weighted by molar-refractivity contribution is 5.70. The van der Waals surface area contributed by atoms with E-state index in [1.807, 2.05) is 0 Å². The summed E-state index contributed by atoms with van der Waals surface area (Å²) in [7, 11) is 4.24. The fourth-order valence-electron chi connectivity index (χ4n) is 7.42. The molecule has 1 aliphatic rings. The van der Waals surface area contributed by atoms with Crippen LogP contribution < -0.4 is 0 Å². The minimum absolute atomic E-state index is 0.00498. The van der Waals surface area contributed by atoms with Gasteiger partial charge in [0.1, 0.15) is 6.10 Å². The first-order valence-electron chi connectivity index (χ1n) is 22.0. The Kier molecular flexibility index (Phi) is 31.7. The zero-order chi connectivity index (χ0) is 37.2. The smallest absolute Gasteiger partial charge is 0.306 e. The van der Waals surface area contributed by atoms with Gasteiger partial charge in [-0.05, 0) is 90.1 Å². The zero-order valence-corrected chi connectivity index (χ0v) is 34.2. The predicted octanol–water partition coefficient (Wildman–Crippen LogP) is 11.9. The summed E-state index contributed by atoms with van der Waals surface area (Å²) in [6, 6.07) is 0. The van der Waals surface area contributed by atoms with E-state index >= 15 is 0 Å². The molecular weight excluding hydrogens is 638 g/mol. The zero-order valence-electron chi connectivity index (χ0n) is 34.2. The molecule has 0 aromatic carbocycles. The van der Waals surface area contributed by atoms with Crippen LogP contribution in [0.1, 0.15) is 213 Å². The second-order valence-electron chi connectivity index (χ2n) is 16.1. The largest absolute Gasteiger partial charge is 0.466 e. The topological polar surface area (TPSA) is 82.1 Å². The van der Waals surface area contributed by atoms with E-state index in [9.17, 15) is 14.4 Å². The SMILES string of the molecule is CCCCCCCCC(=O)OCCCCCCCCC(CCCCCCCCOC(=O)CCCCCCCC)OC(=O)CC1CC(CN(C)C)C1. The summed E-state index contributed by atoms with van der Waals surface area (Å²) < 4.78 is 17.0. The Bertz CT molecular complexity index is 780. The lowest BCUT2D eigenvalue weighted by Crippen LogP contribution is -2.34. The van der Waals surface area contributed by atoms with Gasteiger partial charge in [0.25, 0.3) is 0 Å². The Morgan fingerprint density at radius 1 is 0.510 bits per heavy atom. The third-order valence-corrected chi connectivity index (χ3v) is 10.5. The molecule has 7 heteroatoms. The molecule has 0 aromatic heterocycles. The normalized spacial score (nSPS) is 15.6. The number of ether oxygens (including phenoxy) is 3. The molecule has 0 amide bonds. The highest BCUT2D eigenvalue weighted by atomic mass is 16.5. The molecule has 1 saturated carbocycles. The second kappa shape index (κ2) is 34.2. The van der Waals surface area contributed by atoms with E-state index in [1.165, 1.54) is 64.2 Å². The lowest BCUT2D eigenvalue weighted by atomic mass is 9.73.